The Morgan fingerprint density at radius 3 is 2.56 bits per heavy atom. The van der Waals surface area contributed by atoms with Gasteiger partial charge in [-0.15, -0.1) is 4.70 Å². The molecule has 0 saturated heterocycles. The molecule has 0 radical (unpaired) electrons. The number of nitrogens with one attached hydrogen (secondary N) is 1. The van der Waals surface area contributed by atoms with Crippen molar-refractivity contribution in [2.75, 3.05) is 6.61 Å². The number of rotatable bonds is 8. The number of benzene rings is 2. The van der Waals surface area contributed by atoms with Crippen LogP contribution in [0.1, 0.15) is 22.3 Å². The van der Waals surface area contributed by atoms with Crippen molar-refractivity contribution in [3.8, 4) is 16.9 Å². The molecule has 2 aliphatic heterocycles. The summed E-state index contributed by atoms with van der Waals surface area (Å²) in [5.74, 6) is -3.63. The van der Waals surface area contributed by atoms with Crippen molar-refractivity contribution in [3.63, 3.8) is 0 Å². The van der Waals surface area contributed by atoms with E-state index < -0.39 is 47.6 Å². The topological polar surface area (TPSA) is 206 Å². The number of hydrogen-bond donors (Lipinski definition) is 6. The fraction of sp³-hybridized carbons (Fsp3) is 0.161. The third-order valence-electron chi connectivity index (χ3n) is 7.28. The number of aromatic nitrogens is 2. The van der Waals surface area contributed by atoms with Crippen LogP contribution in [0.25, 0.3) is 16.9 Å². The molecule has 3 aromatic rings. The van der Waals surface area contributed by atoms with Gasteiger partial charge in [0.1, 0.15) is 12.2 Å². The van der Waals surface area contributed by atoms with E-state index in [-0.39, 0.29) is 18.5 Å². The lowest BCUT2D eigenvalue weighted by atomic mass is 10.0. The summed E-state index contributed by atoms with van der Waals surface area (Å²) in [6.45, 7) is -0.534. The molecule has 0 saturated carbocycles. The summed E-state index contributed by atoms with van der Waals surface area (Å²) < 4.78 is 14.6. The monoisotopic (exact) mass is 611 g/mol. The molecule has 6 N–H and O–H groups in total. The number of aromatic carboxylic acids is 1. The summed E-state index contributed by atoms with van der Waals surface area (Å²) in [6.07, 6.45) is 6.15. The highest BCUT2D eigenvalue weighted by Crippen LogP contribution is 2.38. The Balaban J connectivity index is 1.42. The van der Waals surface area contributed by atoms with Crippen LogP contribution < -0.4 is 0 Å². The van der Waals surface area contributed by atoms with Gasteiger partial charge in [0.15, 0.2) is 11.9 Å². The number of allylic oxidation sites excluding steroid dienone is 2. The molecule has 1 aromatic heterocycles. The minimum atomic E-state index is -1.57. The number of fused-ring (bicyclic) bond motifs is 1. The number of ether oxygens (including phenoxy) is 2. The van der Waals surface area contributed by atoms with Gasteiger partial charge in [0.05, 0.1) is 23.4 Å². The van der Waals surface area contributed by atoms with Crippen LogP contribution in [-0.2, 0) is 16.0 Å². The second-order valence-corrected chi connectivity index (χ2v) is 10.2. The van der Waals surface area contributed by atoms with E-state index in [0.29, 0.717) is 28.3 Å². The number of azo groups is 2. The third-order valence-corrected chi connectivity index (χ3v) is 7.28. The lowest BCUT2D eigenvalue weighted by molar-refractivity contribution is -0.506. The molecule has 3 aliphatic rings. The molecule has 2 atom stereocenters. The minimum Gasteiger partial charge on any atom is -0.505 e. The van der Waals surface area contributed by atoms with Crippen molar-refractivity contribution in [3.05, 3.63) is 113 Å². The molecule has 3 heterocycles. The number of aliphatic imine (C=N–C) groups is 1. The summed E-state index contributed by atoms with van der Waals surface area (Å²) >= 11 is 0. The van der Waals surface area contributed by atoms with E-state index in [1.54, 1.807) is 35.0 Å². The summed E-state index contributed by atoms with van der Waals surface area (Å²) in [7, 11) is 0. The van der Waals surface area contributed by atoms with Gasteiger partial charge < -0.3 is 40.4 Å². The predicted molar refractivity (Wildman–Crippen MR) is 159 cm³/mol. The molecule has 45 heavy (non-hydrogen) atoms. The summed E-state index contributed by atoms with van der Waals surface area (Å²) in [6, 6.07) is 15.7. The SMILES string of the molecule is N=CC1=CCC(N=[N+]2C=Nc3c(c(-c4ccccc4)nn3-c3ccc(C(=O)O)cc3)C2)(OC2=C(O)C(O)=C(O)C(CO)O2)C=C1. The van der Waals surface area contributed by atoms with Crippen molar-refractivity contribution in [1.82, 2.24) is 9.78 Å². The molecule has 14 heteroatoms. The van der Waals surface area contributed by atoms with Crippen LogP contribution in [0.15, 0.2) is 112 Å². The number of carboxylic acids is 1. The highest BCUT2D eigenvalue weighted by atomic mass is 16.7. The lowest BCUT2D eigenvalue weighted by Crippen LogP contribution is -2.36. The van der Waals surface area contributed by atoms with E-state index in [1.165, 1.54) is 23.2 Å². The number of carbonyl (C=O) groups is 1. The van der Waals surface area contributed by atoms with Gasteiger partial charge in [-0.05, 0) is 40.9 Å². The van der Waals surface area contributed by atoms with Gasteiger partial charge in [-0.1, -0.05) is 47.6 Å². The van der Waals surface area contributed by atoms with Crippen LogP contribution in [0.2, 0.25) is 0 Å². The van der Waals surface area contributed by atoms with E-state index in [0.717, 1.165) is 11.8 Å². The van der Waals surface area contributed by atoms with Crippen LogP contribution in [-0.4, -0.2) is 77.0 Å². The first-order valence-electron chi connectivity index (χ1n) is 13.7. The smallest absolute Gasteiger partial charge is 0.335 e. The van der Waals surface area contributed by atoms with E-state index >= 15 is 0 Å². The quantitative estimate of drug-likeness (QED) is 0.156. The molecule has 2 aromatic carbocycles. The maximum absolute atomic E-state index is 11.4. The van der Waals surface area contributed by atoms with E-state index in [9.17, 15) is 30.3 Å². The molecule has 1 aliphatic carbocycles. The van der Waals surface area contributed by atoms with Crippen LogP contribution in [0.5, 0.6) is 0 Å². The first kappa shape index (κ1) is 29.1. The average Bonchev–Trinajstić information content (AvgIpc) is 3.44. The summed E-state index contributed by atoms with van der Waals surface area (Å²) in [5, 5.41) is 66.8. The van der Waals surface area contributed by atoms with Crippen LogP contribution >= 0.6 is 0 Å². The van der Waals surface area contributed by atoms with Gasteiger partial charge in [0, 0.05) is 18.2 Å². The summed E-state index contributed by atoms with van der Waals surface area (Å²) in [5.41, 5.74) is 1.90. The molecule has 0 fully saturated rings. The zero-order chi connectivity index (χ0) is 31.7. The Morgan fingerprint density at radius 2 is 1.91 bits per heavy atom. The standard InChI is InChI=1S/C31H26N6O8/c32-14-18-10-12-31(13-11-18,45-30-27(41)26(40)25(39)23(16-38)44-30)35-36-15-22-24(19-4-2-1-3-5-19)34-37(28(22)33-17-36)21-8-6-20(7-9-21)29(42)43/h1-12,14,17,23,32,35,38H,13,15-16H2,(H2,41,42,43)/p+1. The fourth-order valence-corrected chi connectivity index (χ4v) is 4.95. The van der Waals surface area contributed by atoms with Gasteiger partial charge in [0.25, 0.3) is 11.5 Å². The molecule has 14 nitrogen and oxygen atoms in total. The molecule has 6 rings (SSSR count). The zero-order valence-electron chi connectivity index (χ0n) is 23.5. The second kappa shape index (κ2) is 11.6. The van der Waals surface area contributed by atoms with Crippen LogP contribution in [0.3, 0.4) is 0 Å². The Morgan fingerprint density at radius 1 is 1.16 bits per heavy atom. The number of aliphatic hydroxyl groups is 4. The van der Waals surface area contributed by atoms with Gasteiger partial charge in [0.2, 0.25) is 11.5 Å². The number of nitrogens with zero attached hydrogens (tertiary/aromatic N) is 5. The molecule has 0 bridgehead atoms. The molecule has 2 unspecified atom stereocenters. The first-order valence-corrected chi connectivity index (χ1v) is 13.7. The lowest BCUT2D eigenvalue weighted by Gasteiger charge is -2.31. The molecule has 0 amide bonds. The molecule has 228 valence electrons. The molecular formula is C31H27N6O8+. The number of carboxylic acid groups (broad SMARTS) is 1. The number of hydrogen-bond acceptors (Lipinski definition) is 11. The van der Waals surface area contributed by atoms with Gasteiger partial charge in [-0.25, -0.2) is 4.79 Å². The van der Waals surface area contributed by atoms with Crippen molar-refractivity contribution < 1.29 is 44.5 Å². The maximum atomic E-state index is 11.4. The van der Waals surface area contributed by atoms with Crippen LogP contribution in [0, 0.1) is 5.41 Å². The Kier molecular flexibility index (Phi) is 7.48. The van der Waals surface area contributed by atoms with Crippen molar-refractivity contribution in [2.45, 2.75) is 24.8 Å². The van der Waals surface area contributed by atoms with E-state index in [1.807, 2.05) is 30.3 Å². The number of aliphatic hydroxyl groups excluding tert-OH is 4. The van der Waals surface area contributed by atoms with E-state index in [2.05, 4.69) is 4.99 Å². The Bertz CT molecular complexity index is 1870. The average molecular weight is 612 g/mol. The van der Waals surface area contributed by atoms with Gasteiger partial charge >= 0.3 is 18.3 Å². The van der Waals surface area contributed by atoms with E-state index in [4.69, 9.17) is 25.1 Å². The maximum Gasteiger partial charge on any atom is 0.335 e. The van der Waals surface area contributed by atoms with Crippen molar-refractivity contribution in [1.29, 1.82) is 5.41 Å². The van der Waals surface area contributed by atoms with Crippen LogP contribution in [0.4, 0.5) is 5.82 Å². The van der Waals surface area contributed by atoms with Gasteiger partial charge in [-0.3, -0.25) is 0 Å². The highest BCUT2D eigenvalue weighted by Gasteiger charge is 2.41. The third kappa shape index (κ3) is 5.45. The zero-order valence-corrected chi connectivity index (χ0v) is 23.5. The Labute approximate surface area is 255 Å². The second-order valence-electron chi connectivity index (χ2n) is 10.2. The van der Waals surface area contributed by atoms with Gasteiger partial charge in [-0.2, -0.15) is 9.78 Å². The summed E-state index contributed by atoms with van der Waals surface area (Å²) in [4.78, 5) is 16.0. The largest absolute Gasteiger partial charge is 0.505 e. The minimum absolute atomic E-state index is 0.0759. The van der Waals surface area contributed by atoms with Crippen molar-refractivity contribution >= 4 is 24.3 Å². The predicted octanol–water partition coefficient (Wildman–Crippen LogP) is 4.57. The normalized spacial score (nSPS) is 21.8. The Hall–Kier alpha value is -6.02. The fourth-order valence-electron chi connectivity index (χ4n) is 4.95. The first-order chi connectivity index (χ1) is 21.7. The molecule has 0 spiro atoms. The molecular weight excluding hydrogens is 584 g/mol. The highest BCUT2D eigenvalue weighted by molar-refractivity contribution is 5.87. The van der Waals surface area contributed by atoms with Crippen molar-refractivity contribution in [2.24, 2.45) is 10.1 Å².